The third-order valence-electron chi connectivity index (χ3n) is 2.09. The molecule has 0 spiro atoms. The molecule has 0 aliphatic carbocycles. The van der Waals surface area contributed by atoms with E-state index in [0.29, 0.717) is 0 Å². The van der Waals surface area contributed by atoms with Gasteiger partial charge in [0.25, 0.3) is 0 Å². The molecule has 1 heterocycles. The highest BCUT2D eigenvalue weighted by Crippen LogP contribution is 2.32. The van der Waals surface area contributed by atoms with Crippen LogP contribution in [0.5, 0.6) is 0 Å². The lowest BCUT2D eigenvalue weighted by Gasteiger charge is -1.97. The molecule has 13 heavy (non-hydrogen) atoms. The Kier molecular flexibility index (Phi) is 2.77. The maximum absolute atomic E-state index is 3.54. The molecule has 0 nitrogen and oxygen atoms in total. The van der Waals surface area contributed by atoms with Gasteiger partial charge >= 0.3 is 0 Å². The molecule has 1 aromatic carbocycles. The van der Waals surface area contributed by atoms with Crippen LogP contribution in [-0.2, 0) is 5.33 Å². The molecule has 0 saturated heterocycles. The number of alkyl halides is 1. The maximum Gasteiger partial charge on any atom is 0.0377 e. The highest BCUT2D eigenvalue weighted by Gasteiger charge is 2.05. The normalized spacial score (nSPS) is 11.0. The van der Waals surface area contributed by atoms with Crippen LogP contribution in [-0.4, -0.2) is 0 Å². The molecule has 68 valence electrons. The van der Waals surface area contributed by atoms with E-state index in [4.69, 9.17) is 0 Å². The van der Waals surface area contributed by atoms with E-state index in [1.165, 1.54) is 25.0 Å². The third kappa shape index (κ3) is 1.69. The Balaban J connectivity index is 2.76. The van der Waals surface area contributed by atoms with E-state index in [-0.39, 0.29) is 0 Å². The molecule has 0 radical (unpaired) electrons. The van der Waals surface area contributed by atoms with Crippen molar-refractivity contribution in [2.24, 2.45) is 0 Å². The number of fused-ring (bicyclic) bond motifs is 1. The van der Waals surface area contributed by atoms with Crippen LogP contribution in [0.2, 0.25) is 0 Å². The van der Waals surface area contributed by atoms with Crippen LogP contribution in [0, 0.1) is 6.92 Å². The van der Waals surface area contributed by atoms with Crippen LogP contribution >= 0.6 is 43.2 Å². The number of rotatable bonds is 1. The molecule has 0 bridgehead atoms. The Hall–Kier alpha value is 0.140. The fourth-order valence-electron chi connectivity index (χ4n) is 1.34. The summed E-state index contributed by atoms with van der Waals surface area (Å²) in [4.78, 5) is 1.39. The predicted molar refractivity (Wildman–Crippen MR) is 66.9 cm³/mol. The van der Waals surface area contributed by atoms with Crippen LogP contribution < -0.4 is 0 Å². The summed E-state index contributed by atoms with van der Waals surface area (Å²) in [5.41, 5.74) is 1.33. The van der Waals surface area contributed by atoms with Crippen molar-refractivity contribution in [3.05, 3.63) is 33.1 Å². The quantitative estimate of drug-likeness (QED) is 0.658. The van der Waals surface area contributed by atoms with E-state index in [1.807, 2.05) is 11.3 Å². The first kappa shape index (κ1) is 9.69. The summed E-state index contributed by atoms with van der Waals surface area (Å²) in [5.74, 6) is 0. The van der Waals surface area contributed by atoms with Crippen LogP contribution in [0.4, 0.5) is 0 Å². The van der Waals surface area contributed by atoms with E-state index < -0.39 is 0 Å². The van der Waals surface area contributed by atoms with Gasteiger partial charge in [0.1, 0.15) is 0 Å². The zero-order chi connectivity index (χ0) is 9.42. The minimum absolute atomic E-state index is 0.948. The average molecular weight is 320 g/mol. The first-order chi connectivity index (χ1) is 6.22. The van der Waals surface area contributed by atoms with E-state index in [0.717, 1.165) is 5.33 Å². The van der Waals surface area contributed by atoms with Crippen molar-refractivity contribution in [2.45, 2.75) is 12.3 Å². The molecule has 0 atom stereocenters. The summed E-state index contributed by atoms with van der Waals surface area (Å²) in [6, 6.07) is 6.55. The van der Waals surface area contributed by atoms with E-state index in [2.05, 4.69) is 57.0 Å². The number of benzene rings is 1. The number of hydrogen-bond acceptors (Lipinski definition) is 1. The Morgan fingerprint density at radius 3 is 2.85 bits per heavy atom. The summed E-state index contributed by atoms with van der Waals surface area (Å²) in [7, 11) is 0. The lowest BCUT2D eigenvalue weighted by Crippen LogP contribution is -1.74. The smallest absolute Gasteiger partial charge is 0.0377 e. The minimum Gasteiger partial charge on any atom is -0.139 e. The van der Waals surface area contributed by atoms with Gasteiger partial charge in [-0.15, -0.1) is 11.3 Å². The molecule has 0 amide bonds. The monoisotopic (exact) mass is 318 g/mol. The van der Waals surface area contributed by atoms with Crippen LogP contribution in [0.3, 0.4) is 0 Å². The SMILES string of the molecule is Cc1c(Br)ccc2sc(CBr)cc12. The number of halogens is 2. The fraction of sp³-hybridized carbons (Fsp3) is 0.200. The number of thiophene rings is 1. The van der Waals surface area contributed by atoms with Crippen molar-refractivity contribution < 1.29 is 0 Å². The predicted octanol–water partition coefficient (Wildman–Crippen LogP) is 4.87. The summed E-state index contributed by atoms with van der Waals surface area (Å²) in [5, 5.41) is 2.32. The maximum atomic E-state index is 3.54. The molecule has 2 aromatic rings. The average Bonchev–Trinajstić information content (AvgIpc) is 2.55. The summed E-state index contributed by atoms with van der Waals surface area (Å²) >= 11 is 8.87. The number of hydrogen-bond donors (Lipinski definition) is 0. The van der Waals surface area contributed by atoms with Crippen molar-refractivity contribution in [1.29, 1.82) is 0 Å². The summed E-state index contributed by atoms with van der Waals surface area (Å²) in [6.07, 6.45) is 0. The van der Waals surface area contributed by atoms with Gasteiger partial charge in [0.05, 0.1) is 0 Å². The molecule has 0 aliphatic heterocycles. The first-order valence-electron chi connectivity index (χ1n) is 3.96. The van der Waals surface area contributed by atoms with Crippen LogP contribution in [0.1, 0.15) is 10.4 Å². The Morgan fingerprint density at radius 2 is 2.15 bits per heavy atom. The van der Waals surface area contributed by atoms with Crippen molar-refractivity contribution in [2.75, 3.05) is 0 Å². The second-order valence-corrected chi connectivity index (χ2v) is 5.51. The minimum atomic E-state index is 0.948. The summed E-state index contributed by atoms with van der Waals surface area (Å²) in [6.45, 7) is 2.15. The largest absolute Gasteiger partial charge is 0.139 e. The van der Waals surface area contributed by atoms with Crippen molar-refractivity contribution in [3.63, 3.8) is 0 Å². The lowest BCUT2D eigenvalue weighted by atomic mass is 10.1. The molecular weight excluding hydrogens is 312 g/mol. The fourth-order valence-corrected chi connectivity index (χ4v) is 3.17. The van der Waals surface area contributed by atoms with Gasteiger partial charge in [-0.2, -0.15) is 0 Å². The molecule has 0 saturated carbocycles. The van der Waals surface area contributed by atoms with Gasteiger partial charge in [-0.25, -0.2) is 0 Å². The highest BCUT2D eigenvalue weighted by molar-refractivity contribution is 9.10. The van der Waals surface area contributed by atoms with E-state index >= 15 is 0 Å². The molecular formula is C10H8Br2S. The molecule has 0 aliphatic rings. The second kappa shape index (κ2) is 3.71. The Labute approximate surface area is 98.2 Å². The topological polar surface area (TPSA) is 0 Å². The second-order valence-electron chi connectivity index (χ2n) is 2.93. The first-order valence-corrected chi connectivity index (χ1v) is 6.69. The zero-order valence-corrected chi connectivity index (χ0v) is 11.1. The molecule has 1 aromatic heterocycles. The third-order valence-corrected chi connectivity index (χ3v) is 5.02. The van der Waals surface area contributed by atoms with Gasteiger partial charge in [0.15, 0.2) is 0 Å². The van der Waals surface area contributed by atoms with Crippen molar-refractivity contribution >= 4 is 53.3 Å². The van der Waals surface area contributed by atoms with Gasteiger partial charge < -0.3 is 0 Å². The van der Waals surface area contributed by atoms with Crippen molar-refractivity contribution in [1.82, 2.24) is 0 Å². The molecule has 0 N–H and O–H groups in total. The lowest BCUT2D eigenvalue weighted by molar-refractivity contribution is 1.49. The molecule has 2 rings (SSSR count). The highest BCUT2D eigenvalue weighted by atomic mass is 79.9. The van der Waals surface area contributed by atoms with Crippen LogP contribution in [0.15, 0.2) is 22.7 Å². The van der Waals surface area contributed by atoms with Gasteiger partial charge in [0.2, 0.25) is 0 Å². The van der Waals surface area contributed by atoms with Gasteiger partial charge in [-0.1, -0.05) is 31.9 Å². The standard InChI is InChI=1S/C10H8Br2S/c1-6-8-4-7(5-11)13-10(8)3-2-9(6)12/h2-4H,5H2,1H3. The van der Waals surface area contributed by atoms with E-state index in [1.54, 1.807) is 0 Å². The van der Waals surface area contributed by atoms with Gasteiger partial charge in [-0.05, 0) is 36.1 Å². The number of aryl methyl sites for hydroxylation is 1. The van der Waals surface area contributed by atoms with Gasteiger partial charge in [0, 0.05) is 19.4 Å². The van der Waals surface area contributed by atoms with Gasteiger partial charge in [-0.3, -0.25) is 0 Å². The van der Waals surface area contributed by atoms with Crippen molar-refractivity contribution in [3.8, 4) is 0 Å². The summed E-state index contributed by atoms with van der Waals surface area (Å²) < 4.78 is 2.56. The molecule has 0 fully saturated rings. The van der Waals surface area contributed by atoms with Crippen LogP contribution in [0.25, 0.3) is 10.1 Å². The Morgan fingerprint density at radius 1 is 1.38 bits per heavy atom. The van der Waals surface area contributed by atoms with E-state index in [9.17, 15) is 0 Å². The molecule has 0 unspecified atom stereocenters. The Bertz CT molecular complexity index is 445. The zero-order valence-electron chi connectivity index (χ0n) is 7.10. The molecule has 3 heteroatoms.